The Kier molecular flexibility index (Phi) is 4.60. The van der Waals surface area contributed by atoms with Gasteiger partial charge in [-0.1, -0.05) is 0 Å². The number of hydrogen-bond donors (Lipinski definition) is 0. The monoisotopic (exact) mass is 413 g/mol. The Morgan fingerprint density at radius 1 is 1.43 bits per heavy atom. The quantitative estimate of drug-likeness (QED) is 0.566. The van der Waals surface area contributed by atoms with E-state index in [0.717, 1.165) is 13.4 Å². The maximum atomic E-state index is 10.5. The minimum atomic E-state index is 0.0203. The van der Waals surface area contributed by atoms with Gasteiger partial charge >= 0.3 is 0 Å². The molecule has 0 radical (unpaired) electrons. The molecule has 5 heteroatoms. The van der Waals surface area contributed by atoms with E-state index in [1.54, 1.807) is 12.1 Å². The number of rotatable bonds is 3. The number of nitriles is 1. The highest BCUT2D eigenvalue weighted by atomic mass is 127. The van der Waals surface area contributed by atoms with E-state index in [0.29, 0.717) is 11.3 Å². The fourth-order valence-corrected chi connectivity index (χ4v) is 3.02. The third kappa shape index (κ3) is 2.81. The van der Waals surface area contributed by atoms with Crippen LogP contribution in [0.2, 0.25) is 0 Å². The normalized spacial score (nSPS) is 9.21. The Balaban J connectivity index is 3.06. The number of halogens is 2. The lowest BCUT2D eigenvalue weighted by Gasteiger charge is -2.07. The molecule has 72 valence electrons. The molecule has 0 saturated carbocycles. The molecule has 0 aliphatic heterocycles. The van der Waals surface area contributed by atoms with Crippen molar-refractivity contribution in [2.45, 2.75) is 0 Å². The Hall–Kier alpha value is -0.360. The highest BCUT2D eigenvalue weighted by Gasteiger charge is 2.08. The largest absolute Gasteiger partial charge is 0.477 e. The summed E-state index contributed by atoms with van der Waals surface area (Å²) in [4.78, 5) is 10.5. The minimum absolute atomic E-state index is 0.0203. The molecule has 1 aromatic carbocycles. The Bertz CT molecular complexity index is 375. The molecular weight excluding hydrogens is 408 g/mol. The van der Waals surface area contributed by atoms with Crippen LogP contribution in [0.1, 0.15) is 10.4 Å². The summed E-state index contributed by atoms with van der Waals surface area (Å²) in [6.45, 7) is 0.0203. The summed E-state index contributed by atoms with van der Waals surface area (Å²) < 4.78 is 6.90. The van der Waals surface area contributed by atoms with Gasteiger partial charge in [0.1, 0.15) is 18.1 Å². The van der Waals surface area contributed by atoms with Crippen LogP contribution in [0.15, 0.2) is 12.1 Å². The molecule has 14 heavy (non-hydrogen) atoms. The van der Waals surface area contributed by atoms with E-state index >= 15 is 0 Å². The molecule has 0 aromatic heterocycles. The zero-order chi connectivity index (χ0) is 10.6. The van der Waals surface area contributed by atoms with Gasteiger partial charge in [-0.05, 0) is 57.3 Å². The molecule has 0 unspecified atom stereocenters. The van der Waals surface area contributed by atoms with E-state index in [2.05, 4.69) is 45.2 Å². The van der Waals surface area contributed by atoms with Crippen molar-refractivity contribution in [1.82, 2.24) is 0 Å². The molecule has 0 amide bonds. The molecule has 0 spiro atoms. The molecule has 0 heterocycles. The lowest BCUT2D eigenvalue weighted by atomic mass is 10.2. The standard InChI is InChI=1S/C9H5I2NO2/c10-7-3-6(5-13)4-8(11)9(7)14-2-1-12/h3-5H,2H2. The van der Waals surface area contributed by atoms with Crippen molar-refractivity contribution in [3.63, 3.8) is 0 Å². The Morgan fingerprint density at radius 3 is 2.43 bits per heavy atom. The molecule has 0 fully saturated rings. The van der Waals surface area contributed by atoms with Crippen molar-refractivity contribution < 1.29 is 9.53 Å². The first-order chi connectivity index (χ1) is 6.69. The highest BCUT2D eigenvalue weighted by Crippen LogP contribution is 2.28. The molecule has 0 bridgehead atoms. The van der Waals surface area contributed by atoms with Crippen LogP contribution in [-0.2, 0) is 0 Å². The second-order valence-electron chi connectivity index (χ2n) is 2.38. The molecule has 1 rings (SSSR count). The van der Waals surface area contributed by atoms with Crippen molar-refractivity contribution >= 4 is 51.5 Å². The van der Waals surface area contributed by atoms with Gasteiger partial charge in [0.25, 0.3) is 0 Å². The predicted molar refractivity (Wildman–Crippen MR) is 68.4 cm³/mol. The average molecular weight is 413 g/mol. The van der Waals surface area contributed by atoms with E-state index in [9.17, 15) is 4.79 Å². The fraction of sp³-hybridized carbons (Fsp3) is 0.111. The lowest BCUT2D eigenvalue weighted by molar-refractivity contribution is 0.112. The van der Waals surface area contributed by atoms with Crippen molar-refractivity contribution in [1.29, 1.82) is 5.26 Å². The van der Waals surface area contributed by atoms with Crippen LogP contribution < -0.4 is 4.74 Å². The third-order valence-corrected chi connectivity index (χ3v) is 3.04. The number of ether oxygens (including phenoxy) is 1. The second-order valence-corrected chi connectivity index (χ2v) is 4.70. The van der Waals surface area contributed by atoms with Crippen molar-refractivity contribution in [2.75, 3.05) is 6.61 Å². The zero-order valence-electron chi connectivity index (χ0n) is 6.96. The minimum Gasteiger partial charge on any atom is -0.477 e. The van der Waals surface area contributed by atoms with Crippen LogP contribution in [0.3, 0.4) is 0 Å². The summed E-state index contributed by atoms with van der Waals surface area (Å²) in [6.07, 6.45) is 0.790. The maximum absolute atomic E-state index is 10.5. The molecule has 0 aliphatic carbocycles. The number of hydrogen-bond acceptors (Lipinski definition) is 3. The van der Waals surface area contributed by atoms with Crippen molar-refractivity contribution in [2.24, 2.45) is 0 Å². The van der Waals surface area contributed by atoms with Crippen LogP contribution >= 0.6 is 45.2 Å². The van der Waals surface area contributed by atoms with Crippen LogP contribution in [0.25, 0.3) is 0 Å². The average Bonchev–Trinajstić information content (AvgIpc) is 2.16. The first-order valence-corrected chi connectivity index (χ1v) is 5.78. The number of aldehydes is 1. The summed E-state index contributed by atoms with van der Waals surface area (Å²) in [7, 11) is 0. The van der Waals surface area contributed by atoms with Gasteiger partial charge in [0.15, 0.2) is 6.61 Å². The smallest absolute Gasteiger partial charge is 0.174 e. The molecule has 0 N–H and O–H groups in total. The van der Waals surface area contributed by atoms with Gasteiger partial charge < -0.3 is 4.74 Å². The Morgan fingerprint density at radius 2 is 2.00 bits per heavy atom. The van der Waals surface area contributed by atoms with Crippen molar-refractivity contribution in [3.8, 4) is 11.8 Å². The fourth-order valence-electron chi connectivity index (χ4n) is 0.890. The van der Waals surface area contributed by atoms with Gasteiger partial charge in [0.2, 0.25) is 0 Å². The molecule has 0 atom stereocenters. The highest BCUT2D eigenvalue weighted by molar-refractivity contribution is 14.1. The van der Waals surface area contributed by atoms with E-state index < -0.39 is 0 Å². The lowest BCUT2D eigenvalue weighted by Crippen LogP contribution is -1.99. The second kappa shape index (κ2) is 5.50. The number of nitrogens with zero attached hydrogens (tertiary/aromatic N) is 1. The predicted octanol–water partition coefficient (Wildman–Crippen LogP) is 2.61. The summed E-state index contributed by atoms with van der Waals surface area (Å²) in [5.41, 5.74) is 0.614. The van der Waals surface area contributed by atoms with Gasteiger partial charge in [-0.2, -0.15) is 5.26 Å². The first-order valence-electron chi connectivity index (χ1n) is 3.63. The van der Waals surface area contributed by atoms with E-state index in [-0.39, 0.29) is 6.61 Å². The zero-order valence-corrected chi connectivity index (χ0v) is 11.3. The van der Waals surface area contributed by atoms with Gasteiger partial charge in [-0.15, -0.1) is 0 Å². The third-order valence-electron chi connectivity index (χ3n) is 1.44. The van der Waals surface area contributed by atoms with E-state index in [1.807, 2.05) is 6.07 Å². The Labute approximate surface area is 109 Å². The van der Waals surface area contributed by atoms with Crippen LogP contribution in [0, 0.1) is 18.5 Å². The summed E-state index contributed by atoms with van der Waals surface area (Å²) in [6, 6.07) is 5.35. The maximum Gasteiger partial charge on any atom is 0.174 e. The van der Waals surface area contributed by atoms with Crippen LogP contribution in [-0.4, -0.2) is 12.9 Å². The van der Waals surface area contributed by atoms with Gasteiger partial charge in [0, 0.05) is 5.56 Å². The molecule has 0 saturated heterocycles. The van der Waals surface area contributed by atoms with Crippen LogP contribution in [0.4, 0.5) is 0 Å². The summed E-state index contributed by atoms with van der Waals surface area (Å²) >= 11 is 4.15. The van der Waals surface area contributed by atoms with Crippen LogP contribution in [0.5, 0.6) is 5.75 Å². The van der Waals surface area contributed by atoms with Gasteiger partial charge in [-0.3, -0.25) is 4.79 Å². The van der Waals surface area contributed by atoms with E-state index in [4.69, 9.17) is 10.00 Å². The SMILES string of the molecule is N#CCOc1c(I)cc(C=O)cc1I. The van der Waals surface area contributed by atoms with Gasteiger partial charge in [-0.25, -0.2) is 0 Å². The first kappa shape index (κ1) is 11.7. The van der Waals surface area contributed by atoms with Crippen molar-refractivity contribution in [3.05, 3.63) is 24.8 Å². The summed E-state index contributed by atoms with van der Waals surface area (Å²) in [5.74, 6) is 0.665. The van der Waals surface area contributed by atoms with Gasteiger partial charge in [0.05, 0.1) is 7.14 Å². The summed E-state index contributed by atoms with van der Waals surface area (Å²) in [5, 5.41) is 8.37. The number of benzene rings is 1. The topological polar surface area (TPSA) is 50.1 Å². The number of carbonyl (C=O) groups is 1. The molecular formula is C9H5I2NO2. The molecule has 0 aliphatic rings. The molecule has 3 nitrogen and oxygen atoms in total. The number of carbonyl (C=O) groups excluding carboxylic acids is 1. The molecule has 1 aromatic rings. The van der Waals surface area contributed by atoms with E-state index in [1.165, 1.54) is 0 Å².